The standard InChI is InChI=1S/C25H25F2N7O4/c1-24(4-5-24)38-23(35)33-7-15-20(16-8-36-10-25(15,16)9-33)37-22-19(27)21(29-12-30-22)32-18-3-2-14(6-17(18)26)34-13-28-11-31-34/h2-3,6,11-13,15-16,20H,4-5,7-10H2,1H3,(H,29,30,32). The van der Waals surface area contributed by atoms with E-state index < -0.39 is 11.6 Å². The number of nitrogens with zero attached hydrogens (tertiary/aromatic N) is 6. The molecule has 11 nitrogen and oxygen atoms in total. The van der Waals surface area contributed by atoms with Crippen LogP contribution in [-0.4, -0.2) is 73.7 Å². The van der Waals surface area contributed by atoms with E-state index in [0.29, 0.717) is 32.0 Å². The van der Waals surface area contributed by atoms with Crippen molar-refractivity contribution in [1.82, 2.24) is 29.6 Å². The molecule has 4 unspecified atom stereocenters. The molecule has 2 aromatic heterocycles. The number of rotatable bonds is 6. The van der Waals surface area contributed by atoms with Crippen LogP contribution in [0.4, 0.5) is 25.1 Å². The van der Waals surface area contributed by atoms with Crippen LogP contribution in [0.1, 0.15) is 19.8 Å². The first-order valence-electron chi connectivity index (χ1n) is 12.5. The summed E-state index contributed by atoms with van der Waals surface area (Å²) in [5.41, 5.74) is -0.0980. The summed E-state index contributed by atoms with van der Waals surface area (Å²) in [5.74, 6) is -1.96. The lowest BCUT2D eigenvalue weighted by molar-refractivity contribution is -0.103. The Balaban J connectivity index is 1.07. The van der Waals surface area contributed by atoms with Crippen molar-refractivity contribution >= 4 is 17.6 Å². The molecule has 1 spiro atoms. The number of hydrogen-bond donors (Lipinski definition) is 1. The fourth-order valence-electron chi connectivity index (χ4n) is 5.89. The number of nitrogens with one attached hydrogen (secondary N) is 1. The molecule has 1 aromatic carbocycles. The SMILES string of the molecule is CC1(OC(=O)N2CC3C(Oc4ncnc(Nc5ccc(-n6cncn6)cc5F)c4F)C4COCC43C2)CC1. The molecule has 1 N–H and O–H groups in total. The second-order valence-electron chi connectivity index (χ2n) is 10.7. The molecule has 198 valence electrons. The summed E-state index contributed by atoms with van der Waals surface area (Å²) in [7, 11) is 0. The summed E-state index contributed by atoms with van der Waals surface area (Å²) in [6, 6.07) is 4.33. The Labute approximate surface area is 216 Å². The fourth-order valence-corrected chi connectivity index (χ4v) is 5.89. The maximum atomic E-state index is 15.4. The van der Waals surface area contributed by atoms with Gasteiger partial charge in [0.15, 0.2) is 5.82 Å². The first-order chi connectivity index (χ1) is 18.4. The van der Waals surface area contributed by atoms with E-state index >= 15 is 4.39 Å². The van der Waals surface area contributed by atoms with E-state index in [1.54, 1.807) is 11.0 Å². The van der Waals surface area contributed by atoms with Gasteiger partial charge in [0.25, 0.3) is 5.88 Å². The number of halogens is 2. The van der Waals surface area contributed by atoms with Gasteiger partial charge in [-0.1, -0.05) is 0 Å². The number of likely N-dealkylation sites (tertiary alicyclic amines) is 1. The summed E-state index contributed by atoms with van der Waals surface area (Å²) in [4.78, 5) is 26.3. The molecule has 0 radical (unpaired) electrons. The average Bonchev–Trinajstić information content (AvgIpc) is 3.28. The largest absolute Gasteiger partial charge is 0.471 e. The molecule has 1 amide bonds. The Morgan fingerprint density at radius 1 is 1.21 bits per heavy atom. The predicted molar refractivity (Wildman–Crippen MR) is 127 cm³/mol. The van der Waals surface area contributed by atoms with Crippen molar-refractivity contribution in [3.05, 3.63) is 48.8 Å². The molecule has 2 saturated heterocycles. The van der Waals surface area contributed by atoms with Gasteiger partial charge >= 0.3 is 6.09 Å². The third-order valence-electron chi connectivity index (χ3n) is 8.28. The van der Waals surface area contributed by atoms with Gasteiger partial charge in [0, 0.05) is 36.4 Å². The lowest BCUT2D eigenvalue weighted by Crippen LogP contribution is -2.61. The van der Waals surface area contributed by atoms with Crippen LogP contribution in [0.25, 0.3) is 5.69 Å². The molecule has 13 heteroatoms. The number of carbonyl (C=O) groups excluding carboxylic acids is 1. The number of ether oxygens (including phenoxy) is 3. The molecular formula is C25H25F2N7O4. The van der Waals surface area contributed by atoms with Gasteiger partial charge in [-0.05, 0) is 31.9 Å². The van der Waals surface area contributed by atoms with Crippen LogP contribution in [0.2, 0.25) is 0 Å². The van der Waals surface area contributed by atoms with Crippen molar-refractivity contribution in [3.8, 4) is 11.6 Å². The molecule has 7 rings (SSSR count). The van der Waals surface area contributed by atoms with Gasteiger partial charge in [-0.15, -0.1) is 0 Å². The van der Waals surface area contributed by atoms with Crippen LogP contribution in [0.15, 0.2) is 37.2 Å². The van der Waals surface area contributed by atoms with Crippen LogP contribution in [0.3, 0.4) is 0 Å². The quantitative estimate of drug-likeness (QED) is 0.518. The van der Waals surface area contributed by atoms with E-state index in [4.69, 9.17) is 14.2 Å². The number of hydrogen-bond acceptors (Lipinski definition) is 9. The van der Waals surface area contributed by atoms with Gasteiger partial charge in [0.2, 0.25) is 5.82 Å². The molecule has 2 aliphatic carbocycles. The van der Waals surface area contributed by atoms with Gasteiger partial charge < -0.3 is 24.4 Å². The third-order valence-corrected chi connectivity index (χ3v) is 8.28. The lowest BCUT2D eigenvalue weighted by Gasteiger charge is -2.51. The van der Waals surface area contributed by atoms with E-state index in [0.717, 1.165) is 19.2 Å². The zero-order valence-electron chi connectivity index (χ0n) is 20.5. The summed E-state index contributed by atoms with van der Waals surface area (Å²) < 4.78 is 49.1. The van der Waals surface area contributed by atoms with Crippen LogP contribution >= 0.6 is 0 Å². The topological polar surface area (TPSA) is 117 Å². The lowest BCUT2D eigenvalue weighted by atomic mass is 9.54. The zero-order valence-corrected chi connectivity index (χ0v) is 20.5. The van der Waals surface area contributed by atoms with Crippen LogP contribution < -0.4 is 10.1 Å². The fraction of sp³-hybridized carbons (Fsp3) is 0.480. The minimum atomic E-state index is -0.834. The highest BCUT2D eigenvalue weighted by molar-refractivity contribution is 5.69. The van der Waals surface area contributed by atoms with Crippen LogP contribution in [-0.2, 0) is 9.47 Å². The van der Waals surface area contributed by atoms with E-state index in [-0.39, 0.29) is 52.4 Å². The van der Waals surface area contributed by atoms with E-state index in [1.165, 1.54) is 29.5 Å². The highest BCUT2D eigenvalue weighted by Crippen LogP contribution is 2.60. The van der Waals surface area contributed by atoms with Crippen LogP contribution in [0, 0.1) is 28.9 Å². The van der Waals surface area contributed by atoms with Crippen molar-refractivity contribution < 1.29 is 27.8 Å². The maximum absolute atomic E-state index is 15.4. The maximum Gasteiger partial charge on any atom is 0.410 e. The molecule has 4 fully saturated rings. The first-order valence-corrected chi connectivity index (χ1v) is 12.5. The average molecular weight is 526 g/mol. The highest BCUT2D eigenvalue weighted by Gasteiger charge is 2.70. The summed E-state index contributed by atoms with van der Waals surface area (Å²) >= 11 is 0. The van der Waals surface area contributed by atoms with Gasteiger partial charge in [0.1, 0.15) is 36.5 Å². The predicted octanol–water partition coefficient (Wildman–Crippen LogP) is 3.09. The number of amides is 1. The minimum absolute atomic E-state index is 0.00522. The third kappa shape index (κ3) is 3.67. The Kier molecular flexibility index (Phi) is 5.09. The van der Waals surface area contributed by atoms with Crippen molar-refractivity contribution in [2.24, 2.45) is 17.3 Å². The molecule has 4 heterocycles. The van der Waals surface area contributed by atoms with Gasteiger partial charge in [-0.3, -0.25) is 0 Å². The number of carbonyl (C=O) groups is 1. The normalized spacial score (nSPS) is 28.3. The zero-order chi connectivity index (χ0) is 26.1. The Morgan fingerprint density at radius 2 is 2.08 bits per heavy atom. The van der Waals surface area contributed by atoms with Crippen molar-refractivity contribution in [2.45, 2.75) is 31.5 Å². The van der Waals surface area contributed by atoms with Crippen molar-refractivity contribution in [1.29, 1.82) is 0 Å². The summed E-state index contributed by atoms with van der Waals surface area (Å²) in [6.07, 6.45) is 4.98. The van der Waals surface area contributed by atoms with E-state index in [9.17, 15) is 9.18 Å². The minimum Gasteiger partial charge on any atom is -0.471 e. The van der Waals surface area contributed by atoms with E-state index in [1.807, 2.05) is 6.92 Å². The van der Waals surface area contributed by atoms with Gasteiger partial charge in [-0.25, -0.2) is 23.8 Å². The molecular weight excluding hydrogens is 500 g/mol. The number of aromatic nitrogens is 5. The van der Waals surface area contributed by atoms with Crippen molar-refractivity contribution in [3.63, 3.8) is 0 Å². The first kappa shape index (κ1) is 23.3. The monoisotopic (exact) mass is 525 g/mol. The second-order valence-corrected chi connectivity index (χ2v) is 10.7. The molecule has 3 aromatic rings. The summed E-state index contributed by atoms with van der Waals surface area (Å²) in [5, 5.41) is 6.65. The smallest absolute Gasteiger partial charge is 0.410 e. The van der Waals surface area contributed by atoms with E-state index in [2.05, 4.69) is 25.4 Å². The Morgan fingerprint density at radius 3 is 2.84 bits per heavy atom. The van der Waals surface area contributed by atoms with Crippen LogP contribution in [0.5, 0.6) is 5.88 Å². The Bertz CT molecular complexity index is 1400. The summed E-state index contributed by atoms with van der Waals surface area (Å²) in [6.45, 7) is 3.89. The Hall–Kier alpha value is -3.87. The molecule has 0 bridgehead atoms. The molecule has 4 atom stereocenters. The van der Waals surface area contributed by atoms with Crippen molar-refractivity contribution in [2.75, 3.05) is 31.6 Å². The van der Waals surface area contributed by atoms with Gasteiger partial charge in [-0.2, -0.15) is 14.5 Å². The number of benzene rings is 1. The molecule has 4 aliphatic rings. The molecule has 2 saturated carbocycles. The second kappa shape index (κ2) is 8.32. The highest BCUT2D eigenvalue weighted by atomic mass is 19.1. The molecule has 38 heavy (non-hydrogen) atoms. The molecule has 2 aliphatic heterocycles. The number of anilines is 2. The van der Waals surface area contributed by atoms with Gasteiger partial charge in [0.05, 0.1) is 24.6 Å².